The zero-order valence-electron chi connectivity index (χ0n) is 6.05. The Morgan fingerprint density at radius 1 is 1.88 bits per heavy atom. The summed E-state index contributed by atoms with van der Waals surface area (Å²) in [5.74, 6) is 0. The van der Waals surface area contributed by atoms with Crippen molar-refractivity contribution in [2.24, 2.45) is 0 Å². The van der Waals surface area contributed by atoms with Gasteiger partial charge >= 0.3 is 0 Å². The van der Waals surface area contributed by atoms with E-state index in [2.05, 4.69) is 4.98 Å². The van der Waals surface area contributed by atoms with Crippen molar-refractivity contribution in [1.29, 1.82) is 5.26 Å². The second-order valence-electron chi connectivity index (χ2n) is 1.20. The van der Waals surface area contributed by atoms with E-state index >= 15 is 0 Å². The zero-order valence-corrected chi connectivity index (χ0v) is 4.05. The van der Waals surface area contributed by atoms with Gasteiger partial charge in [0.2, 0.25) is 0 Å². The van der Waals surface area contributed by atoms with Crippen molar-refractivity contribution in [1.82, 2.24) is 4.98 Å². The Balaban J connectivity index is 3.20. The first-order chi connectivity index (χ1) is 4.74. The Bertz CT molecular complexity index is 290. The lowest BCUT2D eigenvalue weighted by Gasteiger charge is -1.79. The van der Waals surface area contributed by atoms with Gasteiger partial charge in [0.15, 0.2) is 0 Å². The van der Waals surface area contributed by atoms with Crippen LogP contribution in [-0.4, -0.2) is 4.98 Å². The fraction of sp³-hybridized carbons (Fsp3) is 0. The predicted molar refractivity (Wildman–Crippen MR) is 29.0 cm³/mol. The summed E-state index contributed by atoms with van der Waals surface area (Å²) in [6.45, 7) is 0. The molecule has 0 bridgehead atoms. The number of nitrogens with zero attached hydrogens (tertiary/aromatic N) is 2. The zero-order chi connectivity index (χ0) is 7.56. The van der Waals surface area contributed by atoms with Crippen LogP contribution in [0.4, 0.5) is 0 Å². The van der Waals surface area contributed by atoms with Gasteiger partial charge in [0, 0.05) is 6.17 Å². The number of hydrogen-bond donors (Lipinski definition) is 0. The molecule has 0 spiro atoms. The Kier molecular flexibility index (Phi) is 0.736. The number of pyridine rings is 1. The molecule has 38 valence electrons. The topological polar surface area (TPSA) is 36.7 Å². The second kappa shape index (κ2) is 2.08. The average molecular weight is 106 g/mol. The van der Waals surface area contributed by atoms with E-state index in [0.29, 0.717) is 0 Å². The molecule has 0 aliphatic heterocycles. The first kappa shape index (κ1) is 2.83. The van der Waals surface area contributed by atoms with Crippen molar-refractivity contribution < 1.29 is 2.74 Å². The molecule has 1 rings (SSSR count). The van der Waals surface area contributed by atoms with Gasteiger partial charge in [-0.15, -0.1) is 0 Å². The molecule has 0 unspecified atom stereocenters. The van der Waals surface area contributed by atoms with Crippen LogP contribution >= 0.6 is 0 Å². The lowest BCUT2D eigenvalue weighted by Crippen LogP contribution is -1.75. The van der Waals surface area contributed by atoms with Gasteiger partial charge < -0.3 is 0 Å². The summed E-state index contributed by atoms with van der Waals surface area (Å²) in [7, 11) is 0. The maximum Gasteiger partial charge on any atom is 0.140 e. The van der Waals surface area contributed by atoms with Gasteiger partial charge in [-0.05, 0) is 12.1 Å². The summed E-state index contributed by atoms with van der Waals surface area (Å²) in [5, 5.41) is 8.30. The van der Waals surface area contributed by atoms with E-state index in [4.69, 9.17) is 8.00 Å². The number of aromatic nitrogens is 1. The van der Waals surface area contributed by atoms with Crippen molar-refractivity contribution in [2.45, 2.75) is 0 Å². The fourth-order valence-electron chi connectivity index (χ4n) is 0.350. The summed E-state index contributed by atoms with van der Waals surface area (Å²) in [4.78, 5) is 3.51. The van der Waals surface area contributed by atoms with Gasteiger partial charge in [0.25, 0.3) is 0 Å². The molecule has 0 saturated carbocycles. The molecule has 0 amide bonds. The molecule has 0 atom stereocenters. The van der Waals surface area contributed by atoms with E-state index in [1.54, 1.807) is 6.07 Å². The molecular formula is C6H4N2. The van der Waals surface area contributed by atoms with Crippen molar-refractivity contribution in [3.05, 3.63) is 30.0 Å². The Morgan fingerprint density at radius 3 is 3.38 bits per heavy atom. The van der Waals surface area contributed by atoms with Gasteiger partial charge in [0.05, 0.1) is 2.74 Å². The quantitative estimate of drug-likeness (QED) is 0.493. The highest BCUT2D eigenvalue weighted by Gasteiger charge is 1.81. The standard InChI is InChI=1S/C6H4N2/c7-5-6-3-1-2-4-8-6/h1-4H/i2D,4D. The minimum Gasteiger partial charge on any atom is -0.246 e. The van der Waals surface area contributed by atoms with Crippen LogP contribution in [0.1, 0.15) is 8.44 Å². The molecule has 0 N–H and O–H groups in total. The minimum absolute atomic E-state index is 0.0407. The molecule has 0 radical (unpaired) electrons. The van der Waals surface area contributed by atoms with Crippen molar-refractivity contribution in [2.75, 3.05) is 0 Å². The third-order valence-electron chi connectivity index (χ3n) is 0.680. The molecule has 0 aliphatic rings. The molecular weight excluding hydrogens is 100 g/mol. The van der Waals surface area contributed by atoms with Gasteiger partial charge in [-0.1, -0.05) is 6.07 Å². The second-order valence-corrected chi connectivity index (χ2v) is 1.20. The smallest absolute Gasteiger partial charge is 0.140 e. The van der Waals surface area contributed by atoms with E-state index < -0.39 is 0 Å². The van der Waals surface area contributed by atoms with Crippen molar-refractivity contribution in [3.63, 3.8) is 0 Å². The molecule has 0 aliphatic carbocycles. The molecule has 8 heavy (non-hydrogen) atoms. The minimum atomic E-state index is -0.154. The summed E-state index contributed by atoms with van der Waals surface area (Å²) in [6, 6.07) is 4.62. The van der Waals surface area contributed by atoms with Crippen LogP contribution in [0.3, 0.4) is 0 Å². The van der Waals surface area contributed by atoms with Gasteiger partial charge in [-0.2, -0.15) is 5.26 Å². The summed E-state index contributed by atoms with van der Waals surface area (Å²) in [5.41, 5.74) is 0.181. The SMILES string of the molecule is [2H]c1ccc(C#N)nc1[2H]. The molecule has 1 heterocycles. The Labute approximate surface area is 50.2 Å². The van der Waals surface area contributed by atoms with Crippen LogP contribution in [0.25, 0.3) is 0 Å². The molecule has 2 nitrogen and oxygen atoms in total. The first-order valence-electron chi connectivity index (χ1n) is 3.08. The maximum absolute atomic E-state index is 8.30. The van der Waals surface area contributed by atoms with Crippen molar-refractivity contribution >= 4 is 0 Å². The number of rotatable bonds is 0. The van der Waals surface area contributed by atoms with Crippen LogP contribution in [-0.2, 0) is 0 Å². The van der Waals surface area contributed by atoms with Gasteiger partial charge in [-0.3, -0.25) is 0 Å². The summed E-state index contributed by atoms with van der Waals surface area (Å²) in [6.07, 6.45) is -0.154. The summed E-state index contributed by atoms with van der Waals surface area (Å²) >= 11 is 0. The van der Waals surface area contributed by atoms with Crippen LogP contribution in [0.5, 0.6) is 0 Å². The van der Waals surface area contributed by atoms with E-state index in [1.165, 1.54) is 12.1 Å². The number of hydrogen-bond acceptors (Lipinski definition) is 2. The maximum atomic E-state index is 8.30. The fourth-order valence-corrected chi connectivity index (χ4v) is 0.350. The molecule has 0 saturated heterocycles. The largest absolute Gasteiger partial charge is 0.246 e. The molecule has 0 aromatic carbocycles. The monoisotopic (exact) mass is 106 g/mol. The van der Waals surface area contributed by atoms with Gasteiger partial charge in [0.1, 0.15) is 11.8 Å². The predicted octanol–water partition coefficient (Wildman–Crippen LogP) is 0.953. The average Bonchev–Trinajstić information content (AvgIpc) is 1.95. The number of nitriles is 1. The van der Waals surface area contributed by atoms with E-state index in [0.717, 1.165) is 0 Å². The highest BCUT2D eigenvalue weighted by Crippen LogP contribution is 1.86. The molecule has 2 heteroatoms. The third-order valence-corrected chi connectivity index (χ3v) is 0.680. The van der Waals surface area contributed by atoms with Gasteiger partial charge in [-0.25, -0.2) is 4.98 Å². The Hall–Kier alpha value is -1.36. The third kappa shape index (κ3) is 0.824. The highest BCUT2D eigenvalue weighted by atomic mass is 14.7. The van der Waals surface area contributed by atoms with Crippen LogP contribution in [0, 0.1) is 11.3 Å². The molecule has 0 fully saturated rings. The van der Waals surface area contributed by atoms with Crippen LogP contribution in [0.15, 0.2) is 24.3 Å². The van der Waals surface area contributed by atoms with E-state index in [9.17, 15) is 0 Å². The lowest BCUT2D eigenvalue weighted by atomic mass is 10.4. The molecule has 1 aromatic heterocycles. The van der Waals surface area contributed by atoms with Crippen molar-refractivity contribution in [3.8, 4) is 6.07 Å². The van der Waals surface area contributed by atoms with E-state index in [1.807, 2.05) is 0 Å². The highest BCUT2D eigenvalue weighted by molar-refractivity contribution is 5.18. The first-order valence-corrected chi connectivity index (χ1v) is 2.08. The summed E-state index contributed by atoms with van der Waals surface area (Å²) < 4.78 is 14.0. The van der Waals surface area contributed by atoms with E-state index in [-0.39, 0.29) is 17.9 Å². The van der Waals surface area contributed by atoms with Crippen LogP contribution in [0.2, 0.25) is 0 Å². The Morgan fingerprint density at radius 2 is 2.75 bits per heavy atom. The molecule has 1 aromatic rings. The van der Waals surface area contributed by atoms with Crippen LogP contribution < -0.4 is 0 Å². The lowest BCUT2D eigenvalue weighted by molar-refractivity contribution is 1.26. The normalized spacial score (nSPS) is 11.4.